The summed E-state index contributed by atoms with van der Waals surface area (Å²) in [4.78, 5) is 11.3. The van der Waals surface area contributed by atoms with Gasteiger partial charge in [-0.3, -0.25) is 14.9 Å². The van der Waals surface area contributed by atoms with Crippen LogP contribution in [0.1, 0.15) is 17.2 Å². The molecule has 1 aliphatic rings. The van der Waals surface area contributed by atoms with Gasteiger partial charge in [-0.1, -0.05) is 36.4 Å². The minimum atomic E-state index is -0.220. The Kier molecular flexibility index (Phi) is 9.83. The lowest BCUT2D eigenvalue weighted by Crippen LogP contribution is -2.46. The molecular formula is C25H31FIN5O. The quantitative estimate of drug-likeness (QED) is 0.261. The van der Waals surface area contributed by atoms with Gasteiger partial charge in [0.1, 0.15) is 5.82 Å². The molecule has 1 aliphatic heterocycles. The minimum Gasteiger partial charge on any atom is -0.379 e. The summed E-state index contributed by atoms with van der Waals surface area (Å²) in [6.45, 7) is 4.54. The Hall–Kier alpha value is -2.30. The van der Waals surface area contributed by atoms with Crippen LogP contribution < -0.4 is 10.6 Å². The maximum absolute atomic E-state index is 13.5. The van der Waals surface area contributed by atoms with Gasteiger partial charge >= 0.3 is 0 Å². The van der Waals surface area contributed by atoms with Crippen LogP contribution in [0, 0.1) is 5.82 Å². The second-order valence-electron chi connectivity index (χ2n) is 7.84. The lowest BCUT2D eigenvalue weighted by Gasteiger charge is -2.35. The zero-order chi connectivity index (χ0) is 22.2. The SMILES string of the molecule is CN=C(NCCc1cccc2cccnc12)NCC(c1ccc(F)cc1)N1CCOCC1.I. The number of rotatable bonds is 7. The Morgan fingerprint density at radius 1 is 1.09 bits per heavy atom. The number of para-hydroxylation sites is 1. The Labute approximate surface area is 211 Å². The van der Waals surface area contributed by atoms with Crippen molar-refractivity contribution in [3.8, 4) is 0 Å². The number of nitrogens with one attached hydrogen (secondary N) is 2. The van der Waals surface area contributed by atoms with E-state index in [1.165, 1.54) is 17.7 Å². The smallest absolute Gasteiger partial charge is 0.191 e. The van der Waals surface area contributed by atoms with Crippen LogP contribution in [0.3, 0.4) is 0 Å². The van der Waals surface area contributed by atoms with E-state index in [4.69, 9.17) is 4.74 Å². The van der Waals surface area contributed by atoms with E-state index < -0.39 is 0 Å². The first-order valence-electron chi connectivity index (χ1n) is 11.1. The fraction of sp³-hybridized carbons (Fsp3) is 0.360. The number of hydrogen-bond donors (Lipinski definition) is 2. The van der Waals surface area contributed by atoms with Crippen LogP contribution in [0.2, 0.25) is 0 Å². The van der Waals surface area contributed by atoms with E-state index in [1.54, 1.807) is 7.05 Å². The lowest BCUT2D eigenvalue weighted by atomic mass is 10.0. The molecule has 0 bridgehead atoms. The molecule has 1 fully saturated rings. The molecule has 6 nitrogen and oxygen atoms in total. The van der Waals surface area contributed by atoms with Gasteiger partial charge in [0.2, 0.25) is 0 Å². The molecule has 8 heteroatoms. The summed E-state index contributed by atoms with van der Waals surface area (Å²) in [5, 5.41) is 8.01. The van der Waals surface area contributed by atoms with Gasteiger partial charge in [0.15, 0.2) is 5.96 Å². The zero-order valence-electron chi connectivity index (χ0n) is 18.8. The predicted molar refractivity (Wildman–Crippen MR) is 142 cm³/mol. The summed E-state index contributed by atoms with van der Waals surface area (Å²) in [6, 6.07) is 17.2. The van der Waals surface area contributed by atoms with Crippen LogP contribution in [-0.4, -0.2) is 62.3 Å². The molecule has 0 spiro atoms. The Morgan fingerprint density at radius 3 is 2.61 bits per heavy atom. The number of ether oxygens (including phenoxy) is 1. The molecule has 176 valence electrons. The highest BCUT2D eigenvalue weighted by molar-refractivity contribution is 14.0. The van der Waals surface area contributed by atoms with Gasteiger partial charge in [0.25, 0.3) is 0 Å². The fourth-order valence-electron chi connectivity index (χ4n) is 4.13. The number of guanidine groups is 1. The summed E-state index contributed by atoms with van der Waals surface area (Å²) in [5.41, 5.74) is 3.34. The summed E-state index contributed by atoms with van der Waals surface area (Å²) >= 11 is 0. The van der Waals surface area contributed by atoms with Gasteiger partial charge in [-0.2, -0.15) is 0 Å². The average Bonchev–Trinajstić information content (AvgIpc) is 2.85. The molecule has 1 saturated heterocycles. The molecule has 0 aliphatic carbocycles. The van der Waals surface area contributed by atoms with E-state index in [0.29, 0.717) is 19.8 Å². The molecule has 2 N–H and O–H groups in total. The van der Waals surface area contributed by atoms with Crippen LogP contribution >= 0.6 is 24.0 Å². The highest BCUT2D eigenvalue weighted by Gasteiger charge is 2.23. The van der Waals surface area contributed by atoms with E-state index >= 15 is 0 Å². The van der Waals surface area contributed by atoms with Gasteiger partial charge in [-0.15, -0.1) is 24.0 Å². The summed E-state index contributed by atoms with van der Waals surface area (Å²) in [5.74, 6) is 0.529. The van der Waals surface area contributed by atoms with E-state index in [9.17, 15) is 4.39 Å². The van der Waals surface area contributed by atoms with Crippen molar-refractivity contribution in [2.45, 2.75) is 12.5 Å². The predicted octanol–water partition coefficient (Wildman–Crippen LogP) is 3.77. The van der Waals surface area contributed by atoms with Gasteiger partial charge in [-0.25, -0.2) is 4.39 Å². The molecule has 2 heterocycles. The third-order valence-electron chi connectivity index (χ3n) is 5.83. The van der Waals surface area contributed by atoms with Crippen molar-refractivity contribution < 1.29 is 9.13 Å². The molecule has 0 saturated carbocycles. The van der Waals surface area contributed by atoms with Crippen LogP contribution in [0.15, 0.2) is 65.8 Å². The highest BCUT2D eigenvalue weighted by atomic mass is 127. The van der Waals surface area contributed by atoms with Crippen molar-refractivity contribution in [2.75, 3.05) is 46.4 Å². The van der Waals surface area contributed by atoms with E-state index in [2.05, 4.69) is 49.8 Å². The van der Waals surface area contributed by atoms with Gasteiger partial charge < -0.3 is 15.4 Å². The first-order chi connectivity index (χ1) is 15.7. The topological polar surface area (TPSA) is 61.8 Å². The van der Waals surface area contributed by atoms with Crippen LogP contribution in [0.4, 0.5) is 4.39 Å². The maximum Gasteiger partial charge on any atom is 0.191 e. The van der Waals surface area contributed by atoms with Crippen LogP contribution in [0.25, 0.3) is 10.9 Å². The van der Waals surface area contributed by atoms with E-state index in [-0.39, 0.29) is 35.8 Å². The number of morpholine rings is 1. The second kappa shape index (κ2) is 12.8. The number of aliphatic imine (C=N–C) groups is 1. The van der Waals surface area contributed by atoms with E-state index in [0.717, 1.165) is 48.5 Å². The lowest BCUT2D eigenvalue weighted by molar-refractivity contribution is 0.0170. The summed E-state index contributed by atoms with van der Waals surface area (Å²) in [6.07, 6.45) is 2.68. The largest absolute Gasteiger partial charge is 0.379 e. The van der Waals surface area contributed by atoms with Crippen molar-refractivity contribution in [1.82, 2.24) is 20.5 Å². The normalized spacial score (nSPS) is 15.6. The van der Waals surface area contributed by atoms with Crippen molar-refractivity contribution in [1.29, 1.82) is 0 Å². The zero-order valence-corrected chi connectivity index (χ0v) is 21.2. The Morgan fingerprint density at radius 2 is 1.85 bits per heavy atom. The summed E-state index contributed by atoms with van der Waals surface area (Å²) in [7, 11) is 1.77. The third-order valence-corrected chi connectivity index (χ3v) is 5.83. The molecule has 0 radical (unpaired) electrons. The molecule has 1 unspecified atom stereocenters. The van der Waals surface area contributed by atoms with Crippen LogP contribution in [-0.2, 0) is 11.2 Å². The van der Waals surface area contributed by atoms with Gasteiger partial charge in [-0.05, 0) is 35.7 Å². The monoisotopic (exact) mass is 563 g/mol. The Bertz CT molecular complexity index is 1040. The van der Waals surface area contributed by atoms with Gasteiger partial charge in [0.05, 0.1) is 24.8 Å². The number of hydrogen-bond acceptors (Lipinski definition) is 4. The number of aromatic nitrogens is 1. The van der Waals surface area contributed by atoms with Crippen LogP contribution in [0.5, 0.6) is 0 Å². The first-order valence-corrected chi connectivity index (χ1v) is 11.1. The molecular weight excluding hydrogens is 532 g/mol. The second-order valence-corrected chi connectivity index (χ2v) is 7.84. The standard InChI is InChI=1S/C25H30FN5O.HI/c1-27-25(29-13-11-21-5-2-4-20-6-3-12-28-24(20)21)30-18-23(31-14-16-32-17-15-31)19-7-9-22(26)10-8-19;/h2-10,12,23H,11,13-18H2,1H3,(H2,27,29,30);1H. The third kappa shape index (κ3) is 6.84. The minimum absolute atomic E-state index is 0. The number of benzene rings is 2. The first kappa shape index (κ1) is 25.3. The van der Waals surface area contributed by atoms with Crippen molar-refractivity contribution in [2.24, 2.45) is 4.99 Å². The molecule has 1 atom stereocenters. The molecule has 0 amide bonds. The summed E-state index contributed by atoms with van der Waals surface area (Å²) < 4.78 is 19.0. The maximum atomic E-state index is 13.5. The molecule has 2 aromatic carbocycles. The van der Waals surface area contributed by atoms with Crippen molar-refractivity contribution >= 4 is 40.8 Å². The van der Waals surface area contributed by atoms with Crippen molar-refractivity contribution in [3.63, 3.8) is 0 Å². The number of halogens is 2. The molecule has 4 rings (SSSR count). The van der Waals surface area contributed by atoms with Gasteiger partial charge in [0, 0.05) is 44.8 Å². The fourth-order valence-corrected chi connectivity index (χ4v) is 4.13. The Balaban J connectivity index is 0.00000306. The molecule has 33 heavy (non-hydrogen) atoms. The number of fused-ring (bicyclic) bond motifs is 1. The molecule has 1 aromatic heterocycles. The number of nitrogens with zero attached hydrogens (tertiary/aromatic N) is 3. The number of pyridine rings is 1. The molecule has 3 aromatic rings. The highest BCUT2D eigenvalue weighted by Crippen LogP contribution is 2.22. The average molecular weight is 563 g/mol. The van der Waals surface area contributed by atoms with E-state index in [1.807, 2.05) is 24.4 Å². The van der Waals surface area contributed by atoms with Crippen molar-refractivity contribution in [3.05, 3.63) is 77.7 Å².